The predicted molar refractivity (Wildman–Crippen MR) is 107 cm³/mol. The van der Waals surface area contributed by atoms with Crippen molar-refractivity contribution in [2.45, 2.75) is 27.7 Å². The summed E-state index contributed by atoms with van der Waals surface area (Å²) >= 11 is 1.56. The first-order valence-corrected chi connectivity index (χ1v) is 9.46. The number of aromatic nitrogens is 1. The van der Waals surface area contributed by atoms with E-state index in [1.54, 1.807) is 23.6 Å². The smallest absolute Gasteiger partial charge is 0.206 e. The first-order chi connectivity index (χ1) is 12.5. The lowest BCUT2D eigenvalue weighted by Gasteiger charge is -2.10. The van der Waals surface area contributed by atoms with E-state index in [4.69, 9.17) is 0 Å². The van der Waals surface area contributed by atoms with E-state index in [-0.39, 0.29) is 5.82 Å². The molecule has 5 heteroatoms. The van der Waals surface area contributed by atoms with Crippen molar-refractivity contribution < 1.29 is 4.39 Å². The van der Waals surface area contributed by atoms with E-state index < -0.39 is 0 Å². The number of benzene rings is 2. The molecule has 0 amide bonds. The summed E-state index contributed by atoms with van der Waals surface area (Å²) in [7, 11) is 0. The van der Waals surface area contributed by atoms with Gasteiger partial charge in [0.25, 0.3) is 0 Å². The average Bonchev–Trinajstić information content (AvgIpc) is 2.99. The number of halogens is 1. The quantitative estimate of drug-likeness (QED) is 0.575. The molecule has 26 heavy (non-hydrogen) atoms. The molecule has 0 spiro atoms. The zero-order valence-electron chi connectivity index (χ0n) is 15.5. The second-order valence-electron chi connectivity index (χ2n) is 6.24. The van der Waals surface area contributed by atoms with Crippen LogP contribution in [0.2, 0.25) is 0 Å². The molecule has 1 heterocycles. The molecule has 3 nitrogen and oxygen atoms in total. The highest BCUT2D eigenvalue weighted by Gasteiger charge is 2.11. The summed E-state index contributed by atoms with van der Waals surface area (Å²) in [5.74, 6) is -0.270. The van der Waals surface area contributed by atoms with Gasteiger partial charge in [-0.2, -0.15) is 5.10 Å². The van der Waals surface area contributed by atoms with Crippen LogP contribution in [0.25, 0.3) is 11.3 Å². The monoisotopic (exact) mass is 367 g/mol. The van der Waals surface area contributed by atoms with Crippen molar-refractivity contribution in [2.24, 2.45) is 10.1 Å². The van der Waals surface area contributed by atoms with E-state index in [0.717, 1.165) is 16.1 Å². The summed E-state index contributed by atoms with van der Waals surface area (Å²) in [5, 5.41) is 6.69. The van der Waals surface area contributed by atoms with Gasteiger partial charge in [-0.1, -0.05) is 18.2 Å². The molecule has 0 radical (unpaired) electrons. The first-order valence-electron chi connectivity index (χ1n) is 8.58. The Morgan fingerprint density at radius 3 is 2.58 bits per heavy atom. The van der Waals surface area contributed by atoms with Crippen molar-refractivity contribution >= 4 is 17.6 Å². The molecule has 0 saturated heterocycles. The summed E-state index contributed by atoms with van der Waals surface area (Å²) in [6, 6.07) is 10.8. The van der Waals surface area contributed by atoms with Crippen molar-refractivity contribution in [3.05, 3.63) is 74.7 Å². The summed E-state index contributed by atoms with van der Waals surface area (Å²) < 4.78 is 15.3. The van der Waals surface area contributed by atoms with E-state index in [1.807, 2.05) is 17.7 Å². The fourth-order valence-electron chi connectivity index (χ4n) is 2.79. The zero-order valence-corrected chi connectivity index (χ0v) is 16.3. The van der Waals surface area contributed by atoms with Crippen LogP contribution in [0.3, 0.4) is 0 Å². The lowest BCUT2D eigenvalue weighted by Crippen LogP contribution is -2.12. The second kappa shape index (κ2) is 7.79. The van der Waals surface area contributed by atoms with Gasteiger partial charge in [0, 0.05) is 17.5 Å². The third kappa shape index (κ3) is 3.83. The highest BCUT2D eigenvalue weighted by molar-refractivity contribution is 7.07. The van der Waals surface area contributed by atoms with Crippen molar-refractivity contribution in [1.82, 2.24) is 4.68 Å². The minimum atomic E-state index is -0.270. The number of hydrogen-bond donors (Lipinski definition) is 0. The molecule has 1 aromatic heterocycles. The molecule has 0 atom stereocenters. The molecular weight excluding hydrogens is 345 g/mol. The number of rotatable bonds is 4. The van der Waals surface area contributed by atoms with Crippen LogP contribution >= 0.6 is 11.3 Å². The largest absolute Gasteiger partial charge is 0.258 e. The Morgan fingerprint density at radius 2 is 1.85 bits per heavy atom. The van der Waals surface area contributed by atoms with Crippen LogP contribution in [0.5, 0.6) is 0 Å². The Morgan fingerprint density at radius 1 is 1.08 bits per heavy atom. The molecule has 0 aliphatic heterocycles. The Hall–Kier alpha value is -2.53. The van der Waals surface area contributed by atoms with Crippen molar-refractivity contribution in [1.29, 1.82) is 0 Å². The van der Waals surface area contributed by atoms with Gasteiger partial charge in [-0.15, -0.1) is 11.3 Å². The summed E-state index contributed by atoms with van der Waals surface area (Å²) in [4.78, 5) is 5.37. The molecule has 0 aliphatic rings. The van der Waals surface area contributed by atoms with Crippen molar-refractivity contribution in [3.8, 4) is 11.3 Å². The van der Waals surface area contributed by atoms with Crippen LogP contribution in [0, 0.1) is 26.6 Å². The molecule has 2 aromatic carbocycles. The molecule has 134 valence electrons. The van der Waals surface area contributed by atoms with Gasteiger partial charge in [0.1, 0.15) is 5.82 Å². The number of aryl methyl sites for hydroxylation is 3. The van der Waals surface area contributed by atoms with Gasteiger partial charge < -0.3 is 0 Å². The third-order valence-corrected chi connectivity index (χ3v) is 5.12. The highest BCUT2D eigenvalue weighted by atomic mass is 32.1. The minimum absolute atomic E-state index is 0.270. The van der Waals surface area contributed by atoms with Gasteiger partial charge in [-0.3, -0.25) is 4.99 Å². The molecule has 0 N–H and O–H groups in total. The van der Waals surface area contributed by atoms with Gasteiger partial charge in [0.15, 0.2) is 0 Å². The lowest BCUT2D eigenvalue weighted by atomic mass is 9.99. The van der Waals surface area contributed by atoms with Gasteiger partial charge in [0.2, 0.25) is 4.80 Å². The Bertz CT molecular complexity index is 1030. The molecule has 3 aromatic rings. The van der Waals surface area contributed by atoms with E-state index in [0.29, 0.717) is 12.1 Å². The molecule has 3 rings (SSSR count). The van der Waals surface area contributed by atoms with Gasteiger partial charge in [-0.25, -0.2) is 9.07 Å². The van der Waals surface area contributed by atoms with Gasteiger partial charge >= 0.3 is 0 Å². The Kier molecular flexibility index (Phi) is 5.47. The normalized spacial score (nSPS) is 12.3. The number of thiazole rings is 1. The van der Waals surface area contributed by atoms with Crippen molar-refractivity contribution in [2.75, 3.05) is 6.54 Å². The fraction of sp³-hybridized carbons (Fsp3) is 0.238. The average molecular weight is 367 g/mol. The molecule has 0 bridgehead atoms. The maximum Gasteiger partial charge on any atom is 0.206 e. The maximum atomic E-state index is 13.4. The zero-order chi connectivity index (χ0) is 18.7. The van der Waals surface area contributed by atoms with E-state index >= 15 is 0 Å². The summed E-state index contributed by atoms with van der Waals surface area (Å²) in [5.41, 5.74) is 6.56. The van der Waals surface area contributed by atoms with Crippen molar-refractivity contribution in [3.63, 3.8) is 0 Å². The Balaban J connectivity index is 2.14. The van der Waals surface area contributed by atoms with Crippen LogP contribution in [-0.2, 0) is 0 Å². The van der Waals surface area contributed by atoms with E-state index in [9.17, 15) is 4.39 Å². The first kappa shape index (κ1) is 18.3. The molecule has 0 saturated carbocycles. The van der Waals surface area contributed by atoms with E-state index in [1.165, 1.54) is 28.8 Å². The van der Waals surface area contributed by atoms with Crippen LogP contribution < -0.4 is 4.80 Å². The van der Waals surface area contributed by atoms with Crippen LogP contribution in [-0.4, -0.2) is 17.4 Å². The maximum absolute atomic E-state index is 13.4. The van der Waals surface area contributed by atoms with Crippen LogP contribution in [0.15, 0.2) is 51.9 Å². The fourth-order valence-corrected chi connectivity index (χ4v) is 3.68. The topological polar surface area (TPSA) is 29.6 Å². The van der Waals surface area contributed by atoms with E-state index in [2.05, 4.69) is 48.4 Å². The highest BCUT2D eigenvalue weighted by Crippen LogP contribution is 2.27. The second-order valence-corrected chi connectivity index (χ2v) is 7.08. The Labute approximate surface area is 157 Å². The molecule has 0 unspecified atom stereocenters. The number of hydrogen-bond acceptors (Lipinski definition) is 3. The van der Waals surface area contributed by atoms with Gasteiger partial charge in [-0.05, 0) is 68.1 Å². The summed E-state index contributed by atoms with van der Waals surface area (Å²) in [6.07, 6.45) is 1.67. The minimum Gasteiger partial charge on any atom is -0.258 e. The molecular formula is C21H22FN3S. The molecule has 0 aliphatic carbocycles. The lowest BCUT2D eigenvalue weighted by molar-refractivity contribution is 0.627. The number of nitrogens with zero attached hydrogens (tertiary/aromatic N) is 3. The predicted octanol–water partition coefficient (Wildman–Crippen LogP) is 5.08. The summed E-state index contributed by atoms with van der Waals surface area (Å²) in [6.45, 7) is 9.02. The van der Waals surface area contributed by atoms with Crippen LogP contribution in [0.1, 0.15) is 29.2 Å². The molecule has 0 fully saturated rings. The van der Waals surface area contributed by atoms with Gasteiger partial charge in [0.05, 0.1) is 11.9 Å². The standard InChI is InChI=1S/C21H22FN3S/c1-5-23-21-25(24-12-17-7-6-8-18(22)11-17)20(13-26-21)19-10-15(3)14(2)9-16(19)4/h6-13H,5H2,1-4H3. The van der Waals surface area contributed by atoms with Crippen LogP contribution in [0.4, 0.5) is 4.39 Å². The third-order valence-electron chi connectivity index (χ3n) is 4.27. The SMILES string of the molecule is CCN=c1scc(-c2cc(C)c(C)cc2C)n1N=Cc1cccc(F)c1.